The molecule has 35 heavy (non-hydrogen) atoms. The van der Waals surface area contributed by atoms with Gasteiger partial charge in [0.15, 0.2) is 5.82 Å². The van der Waals surface area contributed by atoms with Gasteiger partial charge >= 0.3 is 0 Å². The summed E-state index contributed by atoms with van der Waals surface area (Å²) < 4.78 is 1.50. The summed E-state index contributed by atoms with van der Waals surface area (Å²) in [5.41, 5.74) is 19.8. The van der Waals surface area contributed by atoms with Gasteiger partial charge < -0.3 is 16.8 Å². The molecular formula is C26H23N9. The molecule has 0 bridgehead atoms. The molecule has 0 fully saturated rings. The van der Waals surface area contributed by atoms with Gasteiger partial charge in [-0.15, -0.1) is 15.3 Å². The summed E-state index contributed by atoms with van der Waals surface area (Å²) in [6, 6.07) is 21.8. The van der Waals surface area contributed by atoms with Crippen molar-refractivity contribution in [2.24, 2.45) is 0 Å². The van der Waals surface area contributed by atoms with Crippen molar-refractivity contribution >= 4 is 23.3 Å². The quantitative estimate of drug-likeness (QED) is 0.339. The molecule has 0 aliphatic heterocycles. The van der Waals surface area contributed by atoms with Gasteiger partial charge in [-0.2, -0.15) is 9.67 Å². The molecule has 5 N–H and O–H groups in total. The Morgan fingerprint density at radius 3 is 2.60 bits per heavy atom. The summed E-state index contributed by atoms with van der Waals surface area (Å²) in [6.45, 7) is 0. The highest BCUT2D eigenvalue weighted by molar-refractivity contribution is 5.69. The molecule has 0 spiro atoms. The number of hydrogen-bond acceptors (Lipinski definition) is 8. The topological polar surface area (TPSA) is 133 Å². The van der Waals surface area contributed by atoms with Crippen molar-refractivity contribution in [1.82, 2.24) is 29.9 Å². The zero-order valence-electron chi connectivity index (χ0n) is 18.9. The average molecular weight is 462 g/mol. The first-order chi connectivity index (χ1) is 17.1. The Bertz CT molecular complexity index is 1520. The lowest BCUT2D eigenvalue weighted by Gasteiger charge is -2.09. The van der Waals surface area contributed by atoms with Crippen LogP contribution in [0.4, 0.5) is 23.3 Å². The number of nitrogens with one attached hydrogen (secondary N) is 1. The molecule has 3 aromatic heterocycles. The Kier molecular flexibility index (Phi) is 5.07. The molecular weight excluding hydrogens is 438 g/mol. The predicted octanol–water partition coefficient (Wildman–Crippen LogP) is 4.18. The summed E-state index contributed by atoms with van der Waals surface area (Å²) in [7, 11) is 0. The summed E-state index contributed by atoms with van der Waals surface area (Å²) in [5.74, 6) is 1.11. The fourth-order valence-corrected chi connectivity index (χ4v) is 4.39. The van der Waals surface area contributed by atoms with Crippen molar-refractivity contribution in [2.45, 2.75) is 19.3 Å². The van der Waals surface area contributed by atoms with Crippen LogP contribution in [0, 0.1) is 0 Å². The molecule has 1 aliphatic rings. The van der Waals surface area contributed by atoms with Crippen molar-refractivity contribution in [2.75, 3.05) is 16.8 Å². The SMILES string of the molecule is Nc1cccc(-c2ccc(Nc3nc(N)n(-c4cc5c(nn4)-c4ccccc4CCC5)n3)cn2)c1. The second-order valence-corrected chi connectivity index (χ2v) is 8.48. The number of rotatable bonds is 4. The summed E-state index contributed by atoms with van der Waals surface area (Å²) in [5, 5.41) is 16.6. The second-order valence-electron chi connectivity index (χ2n) is 8.48. The maximum atomic E-state index is 6.18. The fraction of sp³-hybridized carbons (Fsp3) is 0.115. The molecule has 5 aromatic rings. The van der Waals surface area contributed by atoms with Crippen molar-refractivity contribution < 1.29 is 0 Å². The zero-order valence-corrected chi connectivity index (χ0v) is 18.9. The van der Waals surface area contributed by atoms with Crippen LogP contribution in [0.5, 0.6) is 0 Å². The molecule has 0 saturated heterocycles. The molecule has 172 valence electrons. The normalized spacial score (nSPS) is 12.5. The standard InChI is InChI=1S/C26H23N9/c27-19-9-4-7-17(13-19)22-12-11-20(15-29-22)30-26-31-25(28)35(34-26)23-14-18-8-3-6-16-5-1-2-10-21(16)24(18)33-32-23/h1-2,4-5,7,9-15H,3,6,8,27H2,(H3,28,30,31,34). The summed E-state index contributed by atoms with van der Waals surface area (Å²) in [6.07, 6.45) is 4.70. The highest BCUT2D eigenvalue weighted by Crippen LogP contribution is 2.31. The minimum Gasteiger partial charge on any atom is -0.399 e. The summed E-state index contributed by atoms with van der Waals surface area (Å²) in [4.78, 5) is 8.86. The van der Waals surface area contributed by atoms with Gasteiger partial charge in [-0.25, -0.2) is 0 Å². The van der Waals surface area contributed by atoms with Gasteiger partial charge in [-0.3, -0.25) is 4.98 Å². The molecule has 0 radical (unpaired) electrons. The van der Waals surface area contributed by atoms with Gasteiger partial charge in [0.25, 0.3) is 0 Å². The van der Waals surface area contributed by atoms with Gasteiger partial charge in [-0.1, -0.05) is 36.4 Å². The number of benzene rings is 2. The lowest BCUT2D eigenvalue weighted by atomic mass is 10.0. The molecule has 6 rings (SSSR count). The number of anilines is 4. The number of aromatic nitrogens is 6. The van der Waals surface area contributed by atoms with Gasteiger partial charge in [0.05, 0.1) is 23.3 Å². The highest BCUT2D eigenvalue weighted by Gasteiger charge is 2.19. The van der Waals surface area contributed by atoms with Crippen LogP contribution in [0.3, 0.4) is 0 Å². The molecule has 9 nitrogen and oxygen atoms in total. The van der Waals surface area contributed by atoms with Gasteiger partial charge in [0.1, 0.15) is 0 Å². The van der Waals surface area contributed by atoms with Crippen LogP contribution < -0.4 is 16.8 Å². The van der Waals surface area contributed by atoms with Crippen LogP contribution in [0.1, 0.15) is 17.5 Å². The van der Waals surface area contributed by atoms with Crippen molar-refractivity contribution in [1.29, 1.82) is 0 Å². The number of pyridine rings is 1. The number of nitrogen functional groups attached to an aromatic ring is 2. The van der Waals surface area contributed by atoms with E-state index in [1.165, 1.54) is 10.2 Å². The first-order valence-electron chi connectivity index (χ1n) is 11.4. The van der Waals surface area contributed by atoms with Crippen molar-refractivity contribution in [3.63, 3.8) is 0 Å². The van der Waals surface area contributed by atoms with E-state index in [2.05, 4.69) is 48.8 Å². The van der Waals surface area contributed by atoms with Crippen LogP contribution >= 0.6 is 0 Å². The van der Waals surface area contributed by atoms with E-state index in [-0.39, 0.29) is 5.95 Å². The van der Waals surface area contributed by atoms with Crippen molar-refractivity contribution in [3.8, 4) is 28.3 Å². The Labute approximate surface area is 201 Å². The third-order valence-electron chi connectivity index (χ3n) is 6.08. The second kappa shape index (κ2) is 8.53. The van der Waals surface area contributed by atoms with E-state index in [1.807, 2.05) is 48.5 Å². The molecule has 0 amide bonds. The Balaban J connectivity index is 1.25. The minimum absolute atomic E-state index is 0.222. The predicted molar refractivity (Wildman–Crippen MR) is 136 cm³/mol. The van der Waals surface area contributed by atoms with E-state index in [1.54, 1.807) is 6.20 Å². The maximum Gasteiger partial charge on any atom is 0.248 e. The van der Waals surface area contributed by atoms with Gasteiger partial charge in [0, 0.05) is 16.8 Å². The zero-order chi connectivity index (χ0) is 23.8. The highest BCUT2D eigenvalue weighted by atomic mass is 15.4. The number of nitrogens with zero attached hydrogens (tertiary/aromatic N) is 6. The number of nitrogens with two attached hydrogens (primary N) is 2. The summed E-state index contributed by atoms with van der Waals surface area (Å²) >= 11 is 0. The monoisotopic (exact) mass is 461 g/mol. The third kappa shape index (κ3) is 4.04. The number of hydrogen-bond donors (Lipinski definition) is 3. The molecule has 9 heteroatoms. The average Bonchev–Trinajstić information content (AvgIpc) is 3.13. The lowest BCUT2D eigenvalue weighted by Crippen LogP contribution is -2.08. The first-order valence-corrected chi connectivity index (χ1v) is 11.4. The minimum atomic E-state index is 0.222. The van der Waals surface area contributed by atoms with Crippen LogP contribution in [0.15, 0.2) is 72.9 Å². The molecule has 0 saturated carbocycles. The van der Waals surface area contributed by atoms with Crippen LogP contribution in [0.2, 0.25) is 0 Å². The van der Waals surface area contributed by atoms with E-state index in [4.69, 9.17) is 11.5 Å². The molecule has 0 unspecified atom stereocenters. The Morgan fingerprint density at radius 1 is 0.857 bits per heavy atom. The Morgan fingerprint density at radius 2 is 1.74 bits per heavy atom. The van der Waals surface area contributed by atoms with Gasteiger partial charge in [-0.05, 0) is 60.7 Å². The fourth-order valence-electron chi connectivity index (χ4n) is 4.39. The molecule has 2 aromatic carbocycles. The molecule has 0 atom stereocenters. The number of fused-ring (bicyclic) bond motifs is 3. The molecule has 3 heterocycles. The van der Waals surface area contributed by atoms with Gasteiger partial charge in [0.2, 0.25) is 11.9 Å². The Hall–Kier alpha value is -4.79. The van der Waals surface area contributed by atoms with E-state index in [9.17, 15) is 0 Å². The first kappa shape index (κ1) is 20.8. The lowest BCUT2D eigenvalue weighted by molar-refractivity contribution is 0.801. The van der Waals surface area contributed by atoms with Crippen LogP contribution in [0.25, 0.3) is 28.3 Å². The van der Waals surface area contributed by atoms with Crippen molar-refractivity contribution in [3.05, 3.63) is 84.1 Å². The van der Waals surface area contributed by atoms with E-state index < -0.39 is 0 Å². The maximum absolute atomic E-state index is 6.18. The van der Waals surface area contributed by atoms with Crippen LogP contribution in [-0.2, 0) is 12.8 Å². The van der Waals surface area contributed by atoms with Crippen LogP contribution in [-0.4, -0.2) is 29.9 Å². The largest absolute Gasteiger partial charge is 0.399 e. The van der Waals surface area contributed by atoms with E-state index in [0.717, 1.165) is 53.0 Å². The number of aryl methyl sites for hydroxylation is 2. The van der Waals surface area contributed by atoms with E-state index >= 15 is 0 Å². The third-order valence-corrected chi connectivity index (χ3v) is 6.08. The van der Waals surface area contributed by atoms with E-state index in [0.29, 0.717) is 17.5 Å². The molecule has 1 aliphatic carbocycles. The smallest absolute Gasteiger partial charge is 0.248 e.